The van der Waals surface area contributed by atoms with E-state index in [0.29, 0.717) is 25.6 Å². The van der Waals surface area contributed by atoms with Gasteiger partial charge in [0.15, 0.2) is 0 Å². The molecule has 0 spiro atoms. The topological polar surface area (TPSA) is 49.7 Å². The van der Waals surface area contributed by atoms with Crippen LogP contribution in [0.3, 0.4) is 0 Å². The van der Waals surface area contributed by atoms with Gasteiger partial charge in [-0.2, -0.15) is 0 Å². The fourth-order valence-corrected chi connectivity index (χ4v) is 2.41. The van der Waals surface area contributed by atoms with Crippen molar-refractivity contribution in [2.45, 2.75) is 6.42 Å². The highest BCUT2D eigenvalue weighted by Crippen LogP contribution is 2.18. The second kappa shape index (κ2) is 4.28. The Bertz CT molecular complexity index is 319. The third kappa shape index (κ3) is 3.15. The maximum Gasteiger partial charge on any atom is 0.211 e. The van der Waals surface area contributed by atoms with Crippen LogP contribution in [-0.4, -0.2) is 43.8 Å². The Kier molecular flexibility index (Phi) is 3.55. The lowest BCUT2D eigenvalue weighted by molar-refractivity contribution is 0.464. The number of rotatable bonds is 3. The first-order valence-corrected chi connectivity index (χ1v) is 6.28. The van der Waals surface area contributed by atoms with Crippen molar-refractivity contribution in [3.05, 3.63) is 0 Å². The summed E-state index contributed by atoms with van der Waals surface area (Å²) in [5, 5.41) is 2.29. The average molecular weight is 220 g/mol. The van der Waals surface area contributed by atoms with Crippen LogP contribution >= 0.6 is 12.2 Å². The predicted molar refractivity (Wildman–Crippen MR) is 54.4 cm³/mol. The van der Waals surface area contributed by atoms with Crippen molar-refractivity contribution in [2.75, 3.05) is 25.9 Å². The molecule has 4 nitrogen and oxygen atoms in total. The predicted octanol–water partition coefficient (Wildman–Crippen LogP) is 0.371. The van der Waals surface area contributed by atoms with E-state index in [0.717, 1.165) is 6.42 Å². The molecule has 0 radical (unpaired) electrons. The zero-order chi connectivity index (χ0) is 9.90. The Labute approximate surface area is 83.7 Å². The molecule has 1 fully saturated rings. The average Bonchev–Trinajstić information content (AvgIpc) is 2.47. The second-order valence-corrected chi connectivity index (χ2v) is 5.37. The van der Waals surface area contributed by atoms with Crippen LogP contribution in [0.2, 0.25) is 0 Å². The molecule has 1 rings (SSSR count). The van der Waals surface area contributed by atoms with Gasteiger partial charge in [0.1, 0.15) is 0 Å². The molecule has 0 amide bonds. The molecule has 1 unspecified atom stereocenters. The highest BCUT2D eigenvalue weighted by atomic mass is 32.2. The highest BCUT2D eigenvalue weighted by Gasteiger charge is 2.27. The molecule has 1 aliphatic rings. The van der Waals surface area contributed by atoms with Gasteiger partial charge in [0, 0.05) is 13.1 Å². The largest absolute Gasteiger partial charge is 0.232 e. The SMILES string of the molecule is CS(=O)(=O)N1CCC(CN=C=S)C1. The lowest BCUT2D eigenvalue weighted by Crippen LogP contribution is -2.27. The van der Waals surface area contributed by atoms with Gasteiger partial charge in [0.05, 0.1) is 18.0 Å². The van der Waals surface area contributed by atoms with E-state index in [1.165, 1.54) is 10.6 Å². The summed E-state index contributed by atoms with van der Waals surface area (Å²) in [5.41, 5.74) is 0. The number of hydrogen-bond donors (Lipinski definition) is 0. The van der Waals surface area contributed by atoms with Crippen molar-refractivity contribution < 1.29 is 8.42 Å². The quantitative estimate of drug-likeness (QED) is 0.510. The van der Waals surface area contributed by atoms with Gasteiger partial charge in [0.25, 0.3) is 0 Å². The minimum absolute atomic E-state index is 0.310. The summed E-state index contributed by atoms with van der Waals surface area (Å²) in [7, 11) is -3.02. The summed E-state index contributed by atoms with van der Waals surface area (Å²) in [4.78, 5) is 3.81. The third-order valence-electron chi connectivity index (χ3n) is 2.13. The summed E-state index contributed by atoms with van der Waals surface area (Å²) in [6, 6.07) is 0. The summed E-state index contributed by atoms with van der Waals surface area (Å²) in [5.74, 6) is 0.310. The lowest BCUT2D eigenvalue weighted by Gasteiger charge is -2.11. The van der Waals surface area contributed by atoms with Crippen LogP contribution in [0, 0.1) is 5.92 Å². The Morgan fingerprint density at radius 3 is 2.85 bits per heavy atom. The van der Waals surface area contributed by atoms with Gasteiger partial charge >= 0.3 is 0 Å². The molecule has 0 aromatic rings. The molecular formula is C7H12N2O2S2. The third-order valence-corrected chi connectivity index (χ3v) is 3.53. The maximum atomic E-state index is 11.1. The van der Waals surface area contributed by atoms with Crippen LogP contribution in [0.5, 0.6) is 0 Å². The highest BCUT2D eigenvalue weighted by molar-refractivity contribution is 7.88. The molecule has 1 heterocycles. The molecule has 0 aromatic heterocycles. The summed E-state index contributed by atoms with van der Waals surface area (Å²) in [6.45, 7) is 1.77. The van der Waals surface area contributed by atoms with E-state index in [2.05, 4.69) is 22.4 Å². The lowest BCUT2D eigenvalue weighted by atomic mass is 10.1. The van der Waals surface area contributed by atoms with E-state index >= 15 is 0 Å². The van der Waals surface area contributed by atoms with Crippen molar-refractivity contribution in [2.24, 2.45) is 10.9 Å². The van der Waals surface area contributed by atoms with Crippen LogP contribution in [0.4, 0.5) is 0 Å². The molecular weight excluding hydrogens is 208 g/mol. The van der Waals surface area contributed by atoms with Crippen LogP contribution in [-0.2, 0) is 10.0 Å². The number of hydrogen-bond acceptors (Lipinski definition) is 4. The van der Waals surface area contributed by atoms with Crippen LogP contribution in [0.25, 0.3) is 0 Å². The number of aliphatic imine (C=N–C) groups is 1. The van der Waals surface area contributed by atoms with Gasteiger partial charge < -0.3 is 0 Å². The molecule has 1 atom stereocenters. The molecule has 1 aliphatic heterocycles. The normalized spacial score (nSPS) is 24.2. The van der Waals surface area contributed by atoms with Crippen molar-refractivity contribution >= 4 is 27.4 Å². The van der Waals surface area contributed by atoms with E-state index in [9.17, 15) is 8.42 Å². The molecule has 6 heteroatoms. The van der Waals surface area contributed by atoms with Gasteiger partial charge in [-0.3, -0.25) is 0 Å². The van der Waals surface area contributed by atoms with Gasteiger partial charge in [-0.05, 0) is 24.6 Å². The van der Waals surface area contributed by atoms with Gasteiger partial charge in [-0.1, -0.05) is 0 Å². The molecule has 13 heavy (non-hydrogen) atoms. The number of thiocarbonyl (C=S) groups is 1. The van der Waals surface area contributed by atoms with Gasteiger partial charge in [-0.15, -0.1) is 0 Å². The van der Waals surface area contributed by atoms with Gasteiger partial charge in [-0.25, -0.2) is 17.7 Å². The fraction of sp³-hybridized carbons (Fsp3) is 0.857. The van der Waals surface area contributed by atoms with Crippen LogP contribution in [0.1, 0.15) is 6.42 Å². The van der Waals surface area contributed by atoms with Crippen LogP contribution in [0.15, 0.2) is 4.99 Å². The Hall–Kier alpha value is -0.290. The first-order chi connectivity index (χ1) is 6.04. The summed E-state index contributed by atoms with van der Waals surface area (Å²) < 4.78 is 23.7. The van der Waals surface area contributed by atoms with E-state index in [4.69, 9.17) is 0 Å². The van der Waals surface area contributed by atoms with Crippen molar-refractivity contribution in [3.63, 3.8) is 0 Å². The standard InChI is InChI=1S/C7H12N2O2S2/c1-13(10,11)9-3-2-7(5-9)4-8-6-12/h7H,2-5H2,1H3. The Morgan fingerprint density at radius 1 is 1.69 bits per heavy atom. The van der Waals surface area contributed by atoms with E-state index < -0.39 is 10.0 Å². The van der Waals surface area contributed by atoms with Crippen molar-refractivity contribution in [3.8, 4) is 0 Å². The minimum atomic E-state index is -3.02. The number of sulfonamides is 1. The second-order valence-electron chi connectivity index (χ2n) is 3.21. The molecule has 0 bridgehead atoms. The first kappa shape index (κ1) is 10.8. The molecule has 0 saturated carbocycles. The van der Waals surface area contributed by atoms with E-state index in [-0.39, 0.29) is 0 Å². The van der Waals surface area contributed by atoms with E-state index in [1.54, 1.807) is 0 Å². The number of nitrogens with zero attached hydrogens (tertiary/aromatic N) is 2. The first-order valence-electron chi connectivity index (χ1n) is 4.03. The minimum Gasteiger partial charge on any atom is -0.232 e. The van der Waals surface area contributed by atoms with Crippen LogP contribution < -0.4 is 0 Å². The molecule has 0 aliphatic carbocycles. The van der Waals surface area contributed by atoms with E-state index in [1.807, 2.05) is 0 Å². The molecule has 0 aromatic carbocycles. The van der Waals surface area contributed by atoms with Crippen molar-refractivity contribution in [1.29, 1.82) is 0 Å². The zero-order valence-corrected chi connectivity index (χ0v) is 9.07. The molecule has 1 saturated heterocycles. The Morgan fingerprint density at radius 2 is 2.38 bits per heavy atom. The van der Waals surface area contributed by atoms with Gasteiger partial charge in [0.2, 0.25) is 10.0 Å². The smallest absolute Gasteiger partial charge is 0.211 e. The molecule has 0 N–H and O–H groups in total. The number of isothiocyanates is 1. The summed E-state index contributed by atoms with van der Waals surface area (Å²) in [6.07, 6.45) is 2.10. The Balaban J connectivity index is 2.50. The zero-order valence-electron chi connectivity index (χ0n) is 7.43. The summed E-state index contributed by atoms with van der Waals surface area (Å²) >= 11 is 4.44. The monoisotopic (exact) mass is 220 g/mol. The molecule has 74 valence electrons. The maximum absolute atomic E-state index is 11.1. The fourth-order valence-electron chi connectivity index (χ4n) is 1.41. The van der Waals surface area contributed by atoms with Crippen molar-refractivity contribution in [1.82, 2.24) is 4.31 Å².